The maximum atomic E-state index is 12.5. The molecule has 144 valence electrons. The van der Waals surface area contributed by atoms with Crippen LogP contribution in [0.1, 0.15) is 22.6 Å². The summed E-state index contributed by atoms with van der Waals surface area (Å²) < 4.78 is 7.57. The zero-order valence-electron chi connectivity index (χ0n) is 15.5. The number of nitrogens with zero attached hydrogens (tertiary/aromatic N) is 4. The van der Waals surface area contributed by atoms with Crippen molar-refractivity contribution in [2.75, 3.05) is 32.8 Å². The van der Waals surface area contributed by atoms with Crippen LogP contribution in [-0.2, 0) is 18.4 Å². The van der Waals surface area contributed by atoms with Crippen molar-refractivity contribution < 1.29 is 14.3 Å². The lowest BCUT2D eigenvalue weighted by Gasteiger charge is -2.22. The molecule has 3 rings (SSSR count). The number of aryl methyl sites for hydroxylation is 1. The fourth-order valence-corrected chi connectivity index (χ4v) is 3.15. The van der Waals surface area contributed by atoms with Crippen molar-refractivity contribution in [2.24, 2.45) is 12.8 Å². The average Bonchev–Trinajstić information content (AvgIpc) is 2.92. The van der Waals surface area contributed by atoms with Gasteiger partial charge in [-0.25, -0.2) is 4.98 Å². The summed E-state index contributed by atoms with van der Waals surface area (Å²) in [7, 11) is 1.98. The topological polar surface area (TPSA) is 93.7 Å². The van der Waals surface area contributed by atoms with E-state index >= 15 is 0 Å². The van der Waals surface area contributed by atoms with E-state index in [0.29, 0.717) is 18.8 Å². The molecule has 2 amide bonds. The minimum atomic E-state index is -0.572. The SMILES string of the molecule is Cn1ccnc1CN1CCCN(C(=O)COc2ccccc2C(N)=O)CC1. The van der Waals surface area contributed by atoms with Crippen molar-refractivity contribution in [3.8, 4) is 5.75 Å². The van der Waals surface area contributed by atoms with Crippen LogP contribution in [0.5, 0.6) is 5.75 Å². The minimum absolute atomic E-state index is 0.0897. The standard InChI is InChI=1S/C19H25N5O3/c1-22-10-7-21-17(22)13-23-8-4-9-24(12-11-23)18(25)14-27-16-6-3-2-5-15(16)19(20)26/h2-3,5-7,10H,4,8-9,11-14H2,1H3,(H2,20,26). The third kappa shape index (κ3) is 4.85. The molecule has 1 saturated heterocycles. The molecule has 0 bridgehead atoms. The van der Waals surface area contributed by atoms with Crippen LogP contribution in [0.3, 0.4) is 0 Å². The van der Waals surface area contributed by atoms with Crippen LogP contribution in [0, 0.1) is 0 Å². The van der Waals surface area contributed by atoms with Crippen LogP contribution in [0.2, 0.25) is 0 Å². The van der Waals surface area contributed by atoms with Gasteiger partial charge in [-0.1, -0.05) is 12.1 Å². The normalized spacial score (nSPS) is 15.4. The maximum absolute atomic E-state index is 12.5. The highest BCUT2D eigenvalue weighted by atomic mass is 16.5. The summed E-state index contributed by atoms with van der Waals surface area (Å²) in [5, 5.41) is 0. The Morgan fingerprint density at radius 1 is 1.19 bits per heavy atom. The van der Waals surface area contributed by atoms with Gasteiger partial charge >= 0.3 is 0 Å². The quantitative estimate of drug-likeness (QED) is 0.804. The third-order valence-corrected chi connectivity index (χ3v) is 4.73. The number of aromatic nitrogens is 2. The number of carbonyl (C=O) groups is 2. The van der Waals surface area contributed by atoms with E-state index in [0.717, 1.165) is 31.9 Å². The Bertz CT molecular complexity index is 804. The number of para-hydroxylation sites is 1. The summed E-state index contributed by atoms with van der Waals surface area (Å²) in [4.78, 5) is 32.4. The van der Waals surface area contributed by atoms with Crippen LogP contribution < -0.4 is 10.5 Å². The van der Waals surface area contributed by atoms with Crippen LogP contribution in [0.15, 0.2) is 36.7 Å². The molecule has 2 heterocycles. The van der Waals surface area contributed by atoms with Crippen molar-refractivity contribution in [2.45, 2.75) is 13.0 Å². The summed E-state index contributed by atoms with van der Waals surface area (Å²) in [5.74, 6) is 0.691. The van der Waals surface area contributed by atoms with Gasteiger partial charge in [-0.15, -0.1) is 0 Å². The number of ether oxygens (including phenoxy) is 1. The second kappa shape index (κ2) is 8.68. The average molecular weight is 371 g/mol. The molecule has 0 aliphatic carbocycles. The zero-order valence-corrected chi connectivity index (χ0v) is 15.5. The lowest BCUT2D eigenvalue weighted by atomic mass is 10.2. The molecule has 1 aromatic carbocycles. The molecule has 8 nitrogen and oxygen atoms in total. The number of imidazole rings is 1. The van der Waals surface area contributed by atoms with E-state index in [9.17, 15) is 9.59 Å². The Morgan fingerprint density at radius 2 is 2.00 bits per heavy atom. The molecule has 0 saturated carbocycles. The summed E-state index contributed by atoms with van der Waals surface area (Å²) in [6, 6.07) is 6.68. The first-order valence-electron chi connectivity index (χ1n) is 9.02. The summed E-state index contributed by atoms with van der Waals surface area (Å²) in [6.45, 7) is 3.71. The van der Waals surface area contributed by atoms with E-state index in [4.69, 9.17) is 10.5 Å². The smallest absolute Gasteiger partial charge is 0.260 e. The van der Waals surface area contributed by atoms with Gasteiger partial charge in [0.25, 0.3) is 11.8 Å². The van der Waals surface area contributed by atoms with E-state index in [1.165, 1.54) is 0 Å². The predicted octanol–water partition coefficient (Wildman–Crippen LogP) is 0.632. The van der Waals surface area contributed by atoms with Crippen molar-refractivity contribution in [3.63, 3.8) is 0 Å². The Labute approximate surface area is 158 Å². The van der Waals surface area contributed by atoms with E-state index in [-0.39, 0.29) is 18.1 Å². The molecule has 2 aromatic rings. The van der Waals surface area contributed by atoms with Gasteiger partial charge in [-0.2, -0.15) is 0 Å². The zero-order chi connectivity index (χ0) is 19.2. The number of hydrogen-bond donors (Lipinski definition) is 1. The molecule has 1 fully saturated rings. The third-order valence-electron chi connectivity index (χ3n) is 4.73. The molecule has 1 aliphatic heterocycles. The highest BCUT2D eigenvalue weighted by Crippen LogP contribution is 2.17. The summed E-state index contributed by atoms with van der Waals surface area (Å²) >= 11 is 0. The van der Waals surface area contributed by atoms with Crippen LogP contribution >= 0.6 is 0 Å². The van der Waals surface area contributed by atoms with E-state index in [1.807, 2.05) is 22.7 Å². The highest BCUT2D eigenvalue weighted by Gasteiger charge is 2.21. The second-order valence-electron chi connectivity index (χ2n) is 6.61. The highest BCUT2D eigenvalue weighted by molar-refractivity contribution is 5.95. The van der Waals surface area contributed by atoms with Gasteiger partial charge in [0.15, 0.2) is 6.61 Å². The van der Waals surface area contributed by atoms with E-state index < -0.39 is 5.91 Å². The van der Waals surface area contributed by atoms with Gasteiger partial charge in [0.2, 0.25) is 0 Å². The first-order valence-corrected chi connectivity index (χ1v) is 9.02. The second-order valence-corrected chi connectivity index (χ2v) is 6.61. The molecule has 0 unspecified atom stereocenters. The van der Waals surface area contributed by atoms with Crippen LogP contribution in [-0.4, -0.2) is 64.0 Å². The Morgan fingerprint density at radius 3 is 2.74 bits per heavy atom. The monoisotopic (exact) mass is 371 g/mol. The van der Waals surface area contributed by atoms with Crippen molar-refractivity contribution in [1.82, 2.24) is 19.4 Å². The predicted molar refractivity (Wildman–Crippen MR) is 100 cm³/mol. The molecule has 27 heavy (non-hydrogen) atoms. The Kier molecular flexibility index (Phi) is 6.08. The number of amides is 2. The summed E-state index contributed by atoms with van der Waals surface area (Å²) in [5.41, 5.74) is 5.62. The first-order chi connectivity index (χ1) is 13.0. The number of rotatable bonds is 6. The molecular weight excluding hydrogens is 346 g/mol. The molecular formula is C19H25N5O3. The lowest BCUT2D eigenvalue weighted by Crippen LogP contribution is -2.38. The molecule has 0 atom stereocenters. The van der Waals surface area contributed by atoms with Gasteiger partial charge in [0.1, 0.15) is 11.6 Å². The van der Waals surface area contributed by atoms with Gasteiger partial charge in [-0.3, -0.25) is 14.5 Å². The Hall–Kier alpha value is -2.87. The molecule has 0 spiro atoms. The van der Waals surface area contributed by atoms with Crippen molar-refractivity contribution >= 4 is 11.8 Å². The van der Waals surface area contributed by atoms with Crippen LogP contribution in [0.4, 0.5) is 0 Å². The minimum Gasteiger partial charge on any atom is -0.483 e. The number of nitrogens with two attached hydrogens (primary N) is 1. The fourth-order valence-electron chi connectivity index (χ4n) is 3.15. The van der Waals surface area contributed by atoms with Crippen molar-refractivity contribution in [3.05, 3.63) is 48.0 Å². The largest absolute Gasteiger partial charge is 0.483 e. The Balaban J connectivity index is 1.52. The van der Waals surface area contributed by atoms with Crippen LogP contribution in [0.25, 0.3) is 0 Å². The van der Waals surface area contributed by atoms with E-state index in [1.54, 1.807) is 30.5 Å². The number of carbonyl (C=O) groups excluding carboxylic acids is 2. The lowest BCUT2D eigenvalue weighted by molar-refractivity contribution is -0.133. The van der Waals surface area contributed by atoms with Gasteiger partial charge in [0, 0.05) is 45.6 Å². The van der Waals surface area contributed by atoms with Gasteiger partial charge in [0.05, 0.1) is 12.1 Å². The first kappa shape index (κ1) is 18.9. The molecule has 8 heteroatoms. The van der Waals surface area contributed by atoms with Gasteiger partial charge < -0.3 is 19.9 Å². The summed E-state index contributed by atoms with van der Waals surface area (Å²) in [6.07, 6.45) is 4.63. The van der Waals surface area contributed by atoms with E-state index in [2.05, 4.69) is 9.88 Å². The number of benzene rings is 1. The molecule has 1 aromatic heterocycles. The maximum Gasteiger partial charge on any atom is 0.260 e. The molecule has 0 radical (unpaired) electrons. The number of hydrogen-bond acceptors (Lipinski definition) is 5. The molecule has 1 aliphatic rings. The van der Waals surface area contributed by atoms with Crippen molar-refractivity contribution in [1.29, 1.82) is 0 Å². The fraction of sp³-hybridized carbons (Fsp3) is 0.421. The molecule has 2 N–H and O–H groups in total. The number of primary amides is 1. The van der Waals surface area contributed by atoms with Gasteiger partial charge in [-0.05, 0) is 18.6 Å².